The van der Waals surface area contributed by atoms with Crippen LogP contribution in [0.25, 0.3) is 0 Å². The summed E-state index contributed by atoms with van der Waals surface area (Å²) in [7, 11) is -3.50. The maximum Gasteiger partial charge on any atom is 0.206 e. The van der Waals surface area contributed by atoms with Crippen molar-refractivity contribution in [3.8, 4) is 0 Å². The lowest BCUT2D eigenvalue weighted by Crippen LogP contribution is -2.31. The molecule has 1 rings (SSSR count). The van der Waals surface area contributed by atoms with Crippen LogP contribution in [-0.4, -0.2) is 21.4 Å². The van der Waals surface area contributed by atoms with Crippen LogP contribution in [0.1, 0.15) is 11.7 Å². The van der Waals surface area contributed by atoms with Gasteiger partial charge < -0.3 is 5.11 Å². The summed E-state index contributed by atoms with van der Waals surface area (Å²) in [5.74, 6) is -0.441. The minimum atomic E-state index is -3.50. The van der Waals surface area contributed by atoms with Gasteiger partial charge in [0.25, 0.3) is 0 Å². The predicted octanol–water partition coefficient (Wildman–Crippen LogP) is 2.39. The summed E-state index contributed by atoms with van der Waals surface area (Å²) >= 11 is 4.58. The zero-order chi connectivity index (χ0) is 12.6. The molecule has 0 aliphatic carbocycles. The van der Waals surface area contributed by atoms with E-state index in [1.807, 2.05) is 0 Å². The summed E-state index contributed by atoms with van der Waals surface area (Å²) in [6.07, 6.45) is -0.260. The third kappa shape index (κ3) is 2.93. The molecule has 3 nitrogen and oxygen atoms in total. The van der Waals surface area contributed by atoms with Crippen molar-refractivity contribution in [2.75, 3.05) is 6.26 Å². The quantitative estimate of drug-likeness (QED) is 0.601. The Bertz CT molecular complexity index is 472. The van der Waals surface area contributed by atoms with E-state index in [-0.39, 0.29) is 0 Å². The third-order valence-electron chi connectivity index (χ3n) is 2.00. The van der Waals surface area contributed by atoms with Gasteiger partial charge in [0.2, 0.25) is 1.66 Å². The Hall–Kier alpha value is 0.270. The first-order chi connectivity index (χ1) is 7.16. The molecule has 0 amide bonds. The average Bonchev–Trinajstić information content (AvgIpc) is 2.16. The van der Waals surface area contributed by atoms with Crippen LogP contribution in [0.15, 0.2) is 24.3 Å². The zero-order valence-corrected chi connectivity index (χ0v) is 12.8. The number of hydrogen-bond acceptors (Lipinski definition) is 3. The van der Waals surface area contributed by atoms with Crippen molar-refractivity contribution in [3.05, 3.63) is 35.6 Å². The Labute approximate surface area is 115 Å². The Morgan fingerprint density at radius 1 is 1.44 bits per heavy atom. The summed E-state index contributed by atoms with van der Waals surface area (Å²) in [5.41, 5.74) is 0.332. The lowest BCUT2D eigenvalue weighted by atomic mass is 10.1. The van der Waals surface area contributed by atoms with E-state index < -0.39 is 23.4 Å². The molecule has 0 aliphatic heterocycles. The van der Waals surface area contributed by atoms with Crippen molar-refractivity contribution in [2.24, 2.45) is 0 Å². The number of sulfone groups is 1. The molecule has 0 aromatic heterocycles. The molecule has 0 fully saturated rings. The van der Waals surface area contributed by atoms with E-state index >= 15 is 0 Å². The van der Waals surface area contributed by atoms with E-state index in [0.29, 0.717) is 5.56 Å². The lowest BCUT2D eigenvalue weighted by Gasteiger charge is -2.25. The van der Waals surface area contributed by atoms with Gasteiger partial charge in [-0.3, -0.25) is 0 Å². The summed E-state index contributed by atoms with van der Waals surface area (Å²) in [6, 6.07) is 5.03. The maximum absolute atomic E-state index is 12.7. The highest BCUT2D eigenvalue weighted by Crippen LogP contribution is 2.44. The molecule has 1 N–H and O–H groups in total. The topological polar surface area (TPSA) is 54.4 Å². The normalized spacial score (nSPS) is 17.8. The highest BCUT2D eigenvalue weighted by atomic mass is 127. The first kappa shape index (κ1) is 14.3. The summed E-state index contributed by atoms with van der Waals surface area (Å²) < 4.78 is 34.0. The van der Waals surface area contributed by atoms with Crippen LogP contribution in [0, 0.1) is 5.82 Å². The Balaban J connectivity index is 3.12. The largest absolute Gasteiger partial charge is 0.385 e. The number of benzene rings is 1. The maximum atomic E-state index is 12.7. The van der Waals surface area contributed by atoms with Gasteiger partial charge in [0.15, 0.2) is 9.84 Å². The summed E-state index contributed by atoms with van der Waals surface area (Å²) in [4.78, 5) is 0. The third-order valence-corrected chi connectivity index (χ3v) is 8.40. The molecule has 2 atom stereocenters. The van der Waals surface area contributed by atoms with Gasteiger partial charge in [0.1, 0.15) is 11.9 Å². The van der Waals surface area contributed by atoms with Crippen LogP contribution in [0.3, 0.4) is 0 Å². The number of aliphatic hydroxyl groups is 1. The molecule has 90 valence electrons. The first-order valence-electron chi connectivity index (χ1n) is 4.17. The standard InChI is InChI=1S/C9H9BrFIO3S/c1-16(14,15)9(10,12)8(13)6-2-4-7(11)5-3-6/h2-5,8,13H,1H3/t8-,9+/m1/s1. The van der Waals surface area contributed by atoms with E-state index in [1.165, 1.54) is 24.3 Å². The van der Waals surface area contributed by atoms with Crippen molar-refractivity contribution in [1.29, 1.82) is 0 Å². The van der Waals surface area contributed by atoms with E-state index in [1.54, 1.807) is 22.6 Å². The fourth-order valence-electron chi connectivity index (χ4n) is 1.04. The van der Waals surface area contributed by atoms with Gasteiger partial charge in [-0.2, -0.15) is 0 Å². The average molecular weight is 423 g/mol. The Kier molecular flexibility index (Phi) is 4.36. The highest BCUT2D eigenvalue weighted by Gasteiger charge is 2.43. The Morgan fingerprint density at radius 3 is 2.25 bits per heavy atom. The molecule has 0 bridgehead atoms. The van der Waals surface area contributed by atoms with Gasteiger partial charge in [0, 0.05) is 6.26 Å². The van der Waals surface area contributed by atoms with Crippen molar-refractivity contribution < 1.29 is 17.9 Å². The van der Waals surface area contributed by atoms with Crippen LogP contribution in [-0.2, 0) is 9.84 Å². The monoisotopic (exact) mass is 422 g/mol. The molecule has 0 heterocycles. The molecule has 0 unspecified atom stereocenters. The van der Waals surface area contributed by atoms with Crippen molar-refractivity contribution in [1.82, 2.24) is 0 Å². The minimum Gasteiger partial charge on any atom is -0.385 e. The SMILES string of the molecule is CS(=O)(=O)[C@@](Br)(I)[C@H](O)c1ccc(F)cc1. The highest BCUT2D eigenvalue weighted by molar-refractivity contribution is 14.1. The zero-order valence-electron chi connectivity index (χ0n) is 8.19. The Morgan fingerprint density at radius 2 is 1.88 bits per heavy atom. The molecular weight excluding hydrogens is 414 g/mol. The van der Waals surface area contributed by atoms with Crippen molar-refractivity contribution in [3.63, 3.8) is 0 Å². The van der Waals surface area contributed by atoms with Gasteiger partial charge in [-0.25, -0.2) is 12.8 Å². The van der Waals surface area contributed by atoms with E-state index in [9.17, 15) is 17.9 Å². The van der Waals surface area contributed by atoms with Crippen LogP contribution >= 0.6 is 38.5 Å². The fourth-order valence-corrected chi connectivity index (χ4v) is 2.21. The molecule has 7 heteroatoms. The second-order valence-corrected chi connectivity index (χ2v) is 11.2. The van der Waals surface area contributed by atoms with E-state index in [4.69, 9.17) is 0 Å². The molecule has 16 heavy (non-hydrogen) atoms. The van der Waals surface area contributed by atoms with Crippen molar-refractivity contribution >= 4 is 48.4 Å². The molecule has 0 aliphatic rings. The van der Waals surface area contributed by atoms with Crippen molar-refractivity contribution in [2.45, 2.75) is 7.77 Å². The molecular formula is C9H9BrFIO3S. The first-order valence-corrected chi connectivity index (χ1v) is 7.93. The smallest absolute Gasteiger partial charge is 0.206 e. The van der Waals surface area contributed by atoms with E-state index in [0.717, 1.165) is 6.26 Å². The molecule has 0 saturated carbocycles. The summed E-state index contributed by atoms with van der Waals surface area (Å²) in [5, 5.41) is 9.92. The molecule has 1 aromatic carbocycles. The van der Waals surface area contributed by atoms with E-state index in [2.05, 4.69) is 15.9 Å². The van der Waals surface area contributed by atoms with Crippen LogP contribution < -0.4 is 0 Å². The predicted molar refractivity (Wildman–Crippen MR) is 71.9 cm³/mol. The van der Waals surface area contributed by atoms with Crippen LogP contribution in [0.4, 0.5) is 4.39 Å². The molecule has 0 spiro atoms. The number of alkyl halides is 2. The number of rotatable bonds is 3. The number of hydrogen-bond donors (Lipinski definition) is 1. The molecule has 1 aromatic rings. The molecule has 0 radical (unpaired) electrons. The minimum absolute atomic E-state index is 0.332. The van der Waals surface area contributed by atoms with Gasteiger partial charge in [-0.05, 0) is 40.3 Å². The second-order valence-electron chi connectivity index (χ2n) is 3.29. The summed E-state index contributed by atoms with van der Waals surface area (Å²) in [6.45, 7) is 0. The van der Waals surface area contributed by atoms with Crippen LogP contribution in [0.2, 0.25) is 0 Å². The molecule has 0 saturated heterocycles. The fraction of sp³-hybridized carbons (Fsp3) is 0.333. The van der Waals surface area contributed by atoms with Gasteiger partial charge >= 0.3 is 0 Å². The number of aliphatic hydroxyl groups excluding tert-OH is 1. The van der Waals surface area contributed by atoms with Gasteiger partial charge in [-0.1, -0.05) is 28.1 Å². The van der Waals surface area contributed by atoms with Gasteiger partial charge in [0.05, 0.1) is 0 Å². The van der Waals surface area contributed by atoms with Crippen LogP contribution in [0.5, 0.6) is 0 Å². The number of halogens is 3. The lowest BCUT2D eigenvalue weighted by molar-refractivity contribution is 0.191. The van der Waals surface area contributed by atoms with Gasteiger partial charge in [-0.15, -0.1) is 0 Å². The second kappa shape index (κ2) is 4.87.